The Balaban J connectivity index is 1.44. The standard InChI is InChI=1S/C20H18N6O3/c1-12-7-8-15(10-16(12)26-11-21-24-25-26)23-20(28)19(27)22-13(2)18-9-14-5-3-4-6-17(14)29-18/h3-11,13H,1-2H3,(H,22,27)(H,23,28)/t13-/m0/s1. The first-order valence-corrected chi connectivity index (χ1v) is 8.95. The lowest BCUT2D eigenvalue weighted by Gasteiger charge is -2.12. The van der Waals surface area contributed by atoms with Crippen molar-refractivity contribution in [1.29, 1.82) is 0 Å². The zero-order valence-corrected chi connectivity index (χ0v) is 15.8. The Morgan fingerprint density at radius 3 is 2.69 bits per heavy atom. The number of carbonyl (C=O) groups excluding carboxylic acids is 2. The summed E-state index contributed by atoms with van der Waals surface area (Å²) >= 11 is 0. The molecule has 0 bridgehead atoms. The number of nitrogens with zero attached hydrogens (tertiary/aromatic N) is 4. The minimum atomic E-state index is -0.778. The van der Waals surface area contributed by atoms with Crippen LogP contribution < -0.4 is 10.6 Å². The molecule has 0 aliphatic carbocycles. The number of nitrogens with one attached hydrogen (secondary N) is 2. The van der Waals surface area contributed by atoms with Crippen LogP contribution >= 0.6 is 0 Å². The van der Waals surface area contributed by atoms with E-state index in [1.807, 2.05) is 43.3 Å². The van der Waals surface area contributed by atoms with Crippen LogP contribution in [0.3, 0.4) is 0 Å². The van der Waals surface area contributed by atoms with Crippen molar-refractivity contribution in [1.82, 2.24) is 25.5 Å². The van der Waals surface area contributed by atoms with Gasteiger partial charge in [-0.05, 0) is 54.1 Å². The number of aryl methyl sites for hydroxylation is 1. The summed E-state index contributed by atoms with van der Waals surface area (Å²) in [5.41, 5.74) is 2.79. The molecule has 2 N–H and O–H groups in total. The van der Waals surface area contributed by atoms with Crippen LogP contribution in [0.15, 0.2) is 59.3 Å². The fraction of sp³-hybridized carbons (Fsp3) is 0.150. The summed E-state index contributed by atoms with van der Waals surface area (Å²) in [4.78, 5) is 24.7. The van der Waals surface area contributed by atoms with Crippen LogP contribution in [0.4, 0.5) is 5.69 Å². The number of hydrogen-bond acceptors (Lipinski definition) is 6. The van der Waals surface area contributed by atoms with Gasteiger partial charge < -0.3 is 15.1 Å². The second-order valence-corrected chi connectivity index (χ2v) is 6.59. The molecular weight excluding hydrogens is 372 g/mol. The smallest absolute Gasteiger partial charge is 0.313 e. The normalized spacial score (nSPS) is 11.9. The number of anilines is 1. The van der Waals surface area contributed by atoms with Crippen LogP contribution in [-0.4, -0.2) is 32.0 Å². The Kier molecular flexibility index (Phi) is 4.78. The summed E-state index contributed by atoms with van der Waals surface area (Å²) in [6, 6.07) is 14.1. The molecule has 1 atom stereocenters. The summed E-state index contributed by atoms with van der Waals surface area (Å²) in [5, 5.41) is 17.2. The first kappa shape index (κ1) is 18.4. The topological polar surface area (TPSA) is 115 Å². The maximum atomic E-state index is 12.3. The zero-order chi connectivity index (χ0) is 20.4. The average molecular weight is 390 g/mol. The van der Waals surface area contributed by atoms with E-state index in [1.54, 1.807) is 19.1 Å². The van der Waals surface area contributed by atoms with E-state index in [-0.39, 0.29) is 0 Å². The van der Waals surface area contributed by atoms with Crippen molar-refractivity contribution in [2.24, 2.45) is 0 Å². The number of tetrazole rings is 1. The fourth-order valence-electron chi connectivity index (χ4n) is 2.94. The van der Waals surface area contributed by atoms with Crippen LogP contribution in [0.5, 0.6) is 0 Å². The third-order valence-electron chi connectivity index (χ3n) is 4.49. The number of furan rings is 1. The molecule has 0 unspecified atom stereocenters. The quantitative estimate of drug-likeness (QED) is 0.518. The number of hydrogen-bond donors (Lipinski definition) is 2. The highest BCUT2D eigenvalue weighted by molar-refractivity contribution is 6.39. The van der Waals surface area contributed by atoms with Gasteiger partial charge >= 0.3 is 11.8 Å². The fourth-order valence-corrected chi connectivity index (χ4v) is 2.94. The predicted octanol–water partition coefficient (Wildman–Crippen LogP) is 2.53. The number of para-hydroxylation sites is 1. The highest BCUT2D eigenvalue weighted by Crippen LogP contribution is 2.23. The van der Waals surface area contributed by atoms with E-state index in [0.717, 1.165) is 16.5 Å². The third kappa shape index (κ3) is 3.84. The van der Waals surface area contributed by atoms with Gasteiger partial charge in [0.15, 0.2) is 0 Å². The van der Waals surface area contributed by atoms with Gasteiger partial charge in [0.2, 0.25) is 0 Å². The van der Waals surface area contributed by atoms with Crippen LogP contribution in [0.25, 0.3) is 16.7 Å². The lowest BCUT2D eigenvalue weighted by Crippen LogP contribution is -2.36. The second kappa shape index (κ2) is 7.55. The largest absolute Gasteiger partial charge is 0.459 e. The Morgan fingerprint density at radius 2 is 1.93 bits per heavy atom. The van der Waals surface area contributed by atoms with Crippen molar-refractivity contribution in [3.05, 3.63) is 66.2 Å². The van der Waals surface area contributed by atoms with E-state index < -0.39 is 17.9 Å². The highest BCUT2D eigenvalue weighted by atomic mass is 16.3. The van der Waals surface area contributed by atoms with E-state index in [9.17, 15) is 9.59 Å². The SMILES string of the molecule is Cc1ccc(NC(=O)C(=O)N[C@@H](C)c2cc3ccccc3o2)cc1-n1cnnn1. The summed E-state index contributed by atoms with van der Waals surface area (Å²) in [6.45, 7) is 3.65. The van der Waals surface area contributed by atoms with E-state index >= 15 is 0 Å². The zero-order valence-electron chi connectivity index (χ0n) is 15.8. The molecule has 2 aromatic carbocycles. The molecule has 0 aliphatic rings. The number of amides is 2. The van der Waals surface area contributed by atoms with E-state index in [2.05, 4.69) is 26.2 Å². The van der Waals surface area contributed by atoms with Crippen LogP contribution in [0, 0.1) is 6.92 Å². The summed E-state index contributed by atoms with van der Waals surface area (Å²) in [5.74, 6) is -0.967. The van der Waals surface area contributed by atoms with E-state index in [4.69, 9.17) is 4.42 Å². The van der Waals surface area contributed by atoms with Crippen molar-refractivity contribution in [3.63, 3.8) is 0 Å². The molecular formula is C20H18N6O3. The first-order chi connectivity index (χ1) is 14.0. The molecule has 4 rings (SSSR count). The molecule has 0 spiro atoms. The molecule has 0 fully saturated rings. The van der Waals surface area contributed by atoms with Gasteiger partial charge in [0, 0.05) is 11.1 Å². The Morgan fingerprint density at radius 1 is 1.10 bits per heavy atom. The van der Waals surface area contributed by atoms with Gasteiger partial charge in [-0.15, -0.1) is 5.10 Å². The summed E-state index contributed by atoms with van der Waals surface area (Å²) < 4.78 is 7.21. The number of aromatic nitrogens is 4. The number of fused-ring (bicyclic) bond motifs is 1. The maximum Gasteiger partial charge on any atom is 0.313 e. The second-order valence-electron chi connectivity index (χ2n) is 6.59. The van der Waals surface area contributed by atoms with Gasteiger partial charge in [-0.3, -0.25) is 9.59 Å². The van der Waals surface area contributed by atoms with Gasteiger partial charge in [0.05, 0.1) is 11.7 Å². The first-order valence-electron chi connectivity index (χ1n) is 8.95. The molecule has 29 heavy (non-hydrogen) atoms. The van der Waals surface area contributed by atoms with E-state index in [1.165, 1.54) is 11.0 Å². The molecule has 0 radical (unpaired) electrons. The Labute approximate surface area is 165 Å². The minimum absolute atomic E-state index is 0.456. The van der Waals surface area contributed by atoms with E-state index in [0.29, 0.717) is 17.1 Å². The van der Waals surface area contributed by atoms with Crippen molar-refractivity contribution in [2.45, 2.75) is 19.9 Å². The van der Waals surface area contributed by atoms with Crippen molar-refractivity contribution >= 4 is 28.5 Å². The van der Waals surface area contributed by atoms with Gasteiger partial charge in [0.1, 0.15) is 17.7 Å². The lowest BCUT2D eigenvalue weighted by molar-refractivity contribution is -0.136. The number of rotatable bonds is 4. The monoisotopic (exact) mass is 390 g/mol. The molecule has 0 saturated heterocycles. The van der Waals surface area contributed by atoms with Gasteiger partial charge in [0.25, 0.3) is 0 Å². The van der Waals surface area contributed by atoms with Crippen molar-refractivity contribution in [3.8, 4) is 5.69 Å². The molecule has 2 amide bonds. The average Bonchev–Trinajstić information content (AvgIpc) is 3.39. The highest BCUT2D eigenvalue weighted by Gasteiger charge is 2.20. The van der Waals surface area contributed by atoms with Crippen LogP contribution in [0.1, 0.15) is 24.3 Å². The van der Waals surface area contributed by atoms with Crippen molar-refractivity contribution < 1.29 is 14.0 Å². The predicted molar refractivity (Wildman–Crippen MR) is 105 cm³/mol. The summed E-state index contributed by atoms with van der Waals surface area (Å²) in [7, 11) is 0. The number of carbonyl (C=O) groups is 2. The van der Waals surface area contributed by atoms with Crippen molar-refractivity contribution in [2.75, 3.05) is 5.32 Å². The molecule has 9 nitrogen and oxygen atoms in total. The Hall–Kier alpha value is -4.01. The van der Waals surface area contributed by atoms with Gasteiger partial charge in [-0.2, -0.15) is 0 Å². The van der Waals surface area contributed by atoms with Crippen LogP contribution in [0.2, 0.25) is 0 Å². The molecule has 2 aromatic heterocycles. The molecule has 0 saturated carbocycles. The molecule has 2 heterocycles. The molecule has 4 aromatic rings. The maximum absolute atomic E-state index is 12.3. The van der Waals surface area contributed by atoms with Crippen LogP contribution in [-0.2, 0) is 9.59 Å². The summed E-state index contributed by atoms with van der Waals surface area (Å²) in [6.07, 6.45) is 1.45. The third-order valence-corrected chi connectivity index (χ3v) is 4.49. The minimum Gasteiger partial charge on any atom is -0.459 e. The van der Waals surface area contributed by atoms with Gasteiger partial charge in [-0.25, -0.2) is 4.68 Å². The molecule has 9 heteroatoms. The molecule has 146 valence electrons. The van der Waals surface area contributed by atoms with Gasteiger partial charge in [-0.1, -0.05) is 24.3 Å². The number of benzene rings is 2. The lowest BCUT2D eigenvalue weighted by atomic mass is 10.2. The molecule has 0 aliphatic heterocycles. The Bertz CT molecular complexity index is 1150.